The lowest BCUT2D eigenvalue weighted by molar-refractivity contribution is -0.134. The molecule has 2 aliphatic rings. The molecule has 0 bridgehead atoms. The van der Waals surface area contributed by atoms with Crippen LogP contribution in [-0.4, -0.2) is 48.9 Å². The topological polar surface area (TPSA) is 79.0 Å². The van der Waals surface area contributed by atoms with Crippen LogP contribution < -0.4 is 15.0 Å². The summed E-state index contributed by atoms with van der Waals surface area (Å²) < 4.78 is 5.09. The Morgan fingerprint density at radius 2 is 1.89 bits per heavy atom. The summed E-state index contributed by atoms with van der Waals surface area (Å²) >= 11 is 5.90. The van der Waals surface area contributed by atoms with Crippen molar-refractivity contribution in [2.75, 3.05) is 36.4 Å². The fourth-order valence-electron chi connectivity index (χ4n) is 3.31. The fourth-order valence-corrected chi connectivity index (χ4v) is 3.44. The molecule has 0 spiro atoms. The predicted molar refractivity (Wildman–Crippen MR) is 105 cm³/mol. The average Bonchev–Trinajstić information content (AvgIpc) is 3.03. The van der Waals surface area contributed by atoms with Crippen LogP contribution in [0.1, 0.15) is 5.56 Å². The number of piperazine rings is 1. The summed E-state index contributed by atoms with van der Waals surface area (Å²) in [5.41, 5.74) is 2.26. The van der Waals surface area contributed by atoms with Crippen molar-refractivity contribution in [1.29, 1.82) is 0 Å². The number of nitrogens with one attached hydrogen (secondary N) is 1. The standard InChI is InChI=1S/C20H18ClN3O4/c21-14-2-5-16(6-3-14)23-7-8-24(19(26)12-23)11-18(25)22-15-4-1-13-9-20(27)28-17(13)10-15/h1-6,10H,7-9,11-12H2,(H,22,25). The van der Waals surface area contributed by atoms with Crippen molar-refractivity contribution >= 4 is 40.8 Å². The van der Waals surface area contributed by atoms with Crippen LogP contribution in [0, 0.1) is 0 Å². The number of carbonyl (C=O) groups excluding carboxylic acids is 3. The minimum Gasteiger partial charge on any atom is -0.426 e. The summed E-state index contributed by atoms with van der Waals surface area (Å²) in [6.45, 7) is 1.28. The van der Waals surface area contributed by atoms with E-state index in [2.05, 4.69) is 5.32 Å². The van der Waals surface area contributed by atoms with E-state index < -0.39 is 0 Å². The number of anilines is 2. The van der Waals surface area contributed by atoms with Crippen molar-refractivity contribution < 1.29 is 19.1 Å². The molecule has 0 radical (unpaired) electrons. The van der Waals surface area contributed by atoms with Crippen molar-refractivity contribution in [2.45, 2.75) is 6.42 Å². The molecule has 1 saturated heterocycles. The summed E-state index contributed by atoms with van der Waals surface area (Å²) in [7, 11) is 0. The van der Waals surface area contributed by atoms with E-state index in [0.29, 0.717) is 29.5 Å². The van der Waals surface area contributed by atoms with Crippen LogP contribution in [0.15, 0.2) is 42.5 Å². The molecule has 2 aromatic carbocycles. The van der Waals surface area contributed by atoms with E-state index in [9.17, 15) is 14.4 Å². The van der Waals surface area contributed by atoms with Gasteiger partial charge in [-0.15, -0.1) is 0 Å². The SMILES string of the molecule is O=C(CN1CCN(c2ccc(Cl)cc2)CC1=O)Nc1ccc2c(c1)OC(=O)C2. The van der Waals surface area contributed by atoms with Gasteiger partial charge in [0.25, 0.3) is 0 Å². The highest BCUT2D eigenvalue weighted by Gasteiger charge is 2.26. The first-order valence-corrected chi connectivity index (χ1v) is 9.27. The molecule has 2 aromatic rings. The summed E-state index contributed by atoms with van der Waals surface area (Å²) in [6, 6.07) is 12.4. The van der Waals surface area contributed by atoms with Crippen LogP contribution in [0.4, 0.5) is 11.4 Å². The van der Waals surface area contributed by atoms with Crippen molar-refractivity contribution in [2.24, 2.45) is 0 Å². The zero-order valence-corrected chi connectivity index (χ0v) is 15.7. The first-order chi connectivity index (χ1) is 13.5. The molecule has 1 fully saturated rings. The number of amides is 2. The molecule has 8 heteroatoms. The summed E-state index contributed by atoms with van der Waals surface area (Å²) in [4.78, 5) is 39.6. The first kappa shape index (κ1) is 18.3. The van der Waals surface area contributed by atoms with E-state index in [1.165, 1.54) is 4.90 Å². The number of nitrogens with zero attached hydrogens (tertiary/aromatic N) is 2. The van der Waals surface area contributed by atoms with Gasteiger partial charge in [0.05, 0.1) is 19.5 Å². The zero-order chi connectivity index (χ0) is 19.7. The molecular weight excluding hydrogens is 382 g/mol. The van der Waals surface area contributed by atoms with Gasteiger partial charge in [0, 0.05) is 41.1 Å². The largest absolute Gasteiger partial charge is 0.426 e. The Balaban J connectivity index is 1.33. The Bertz CT molecular complexity index is 945. The van der Waals surface area contributed by atoms with E-state index in [0.717, 1.165) is 11.3 Å². The Morgan fingerprint density at radius 3 is 2.64 bits per heavy atom. The van der Waals surface area contributed by atoms with E-state index >= 15 is 0 Å². The van der Waals surface area contributed by atoms with E-state index in [4.69, 9.17) is 16.3 Å². The summed E-state index contributed by atoms with van der Waals surface area (Å²) in [6.07, 6.45) is 0.246. The van der Waals surface area contributed by atoms with Crippen molar-refractivity contribution in [3.8, 4) is 5.75 Å². The third kappa shape index (κ3) is 3.94. The summed E-state index contributed by atoms with van der Waals surface area (Å²) in [5.74, 6) is -0.241. The van der Waals surface area contributed by atoms with Crippen LogP contribution in [-0.2, 0) is 20.8 Å². The van der Waals surface area contributed by atoms with Gasteiger partial charge in [0.15, 0.2) is 0 Å². The van der Waals surface area contributed by atoms with Crippen LogP contribution in [0.3, 0.4) is 0 Å². The molecule has 0 unspecified atom stereocenters. The van der Waals surface area contributed by atoms with E-state index in [-0.39, 0.29) is 37.3 Å². The molecule has 1 N–H and O–H groups in total. The maximum Gasteiger partial charge on any atom is 0.315 e. The summed E-state index contributed by atoms with van der Waals surface area (Å²) in [5, 5.41) is 3.40. The molecule has 0 saturated carbocycles. The molecule has 28 heavy (non-hydrogen) atoms. The van der Waals surface area contributed by atoms with Gasteiger partial charge in [0.1, 0.15) is 5.75 Å². The van der Waals surface area contributed by atoms with Gasteiger partial charge in [0.2, 0.25) is 11.8 Å². The average molecular weight is 400 g/mol. The molecule has 2 heterocycles. The van der Waals surface area contributed by atoms with Gasteiger partial charge in [-0.2, -0.15) is 0 Å². The Labute approximate surface area is 166 Å². The number of hydrogen-bond acceptors (Lipinski definition) is 5. The van der Waals surface area contributed by atoms with Gasteiger partial charge in [-0.1, -0.05) is 17.7 Å². The maximum atomic E-state index is 12.4. The molecule has 0 atom stereocenters. The third-order valence-corrected chi connectivity index (χ3v) is 5.01. The Hall–Kier alpha value is -3.06. The lowest BCUT2D eigenvalue weighted by Crippen LogP contribution is -2.52. The minimum atomic E-state index is -0.303. The molecule has 0 aliphatic carbocycles. The second-order valence-electron chi connectivity index (χ2n) is 6.73. The number of esters is 1. The quantitative estimate of drug-likeness (QED) is 0.629. The number of fused-ring (bicyclic) bond motifs is 1. The van der Waals surface area contributed by atoms with Crippen LogP contribution in [0.2, 0.25) is 5.02 Å². The molecule has 2 aliphatic heterocycles. The number of halogens is 1. The van der Waals surface area contributed by atoms with Crippen LogP contribution in [0.5, 0.6) is 5.75 Å². The van der Waals surface area contributed by atoms with E-state index in [1.807, 2.05) is 17.0 Å². The van der Waals surface area contributed by atoms with Gasteiger partial charge in [-0.05, 0) is 30.3 Å². The van der Waals surface area contributed by atoms with Crippen molar-refractivity contribution in [1.82, 2.24) is 4.90 Å². The van der Waals surface area contributed by atoms with Crippen molar-refractivity contribution in [3.63, 3.8) is 0 Å². The third-order valence-electron chi connectivity index (χ3n) is 4.75. The monoisotopic (exact) mass is 399 g/mol. The number of ether oxygens (including phenoxy) is 1. The molecule has 7 nitrogen and oxygen atoms in total. The highest BCUT2D eigenvalue weighted by molar-refractivity contribution is 6.30. The van der Waals surface area contributed by atoms with Gasteiger partial charge < -0.3 is 19.9 Å². The second-order valence-corrected chi connectivity index (χ2v) is 7.17. The highest BCUT2D eigenvalue weighted by Crippen LogP contribution is 2.29. The molecule has 2 amide bonds. The molecular formula is C20H18ClN3O4. The molecule has 144 valence electrons. The number of rotatable bonds is 4. The van der Waals surface area contributed by atoms with Crippen LogP contribution >= 0.6 is 11.6 Å². The first-order valence-electron chi connectivity index (χ1n) is 8.90. The minimum absolute atomic E-state index is 0.0236. The van der Waals surface area contributed by atoms with Gasteiger partial charge in [-0.3, -0.25) is 14.4 Å². The number of hydrogen-bond donors (Lipinski definition) is 1. The van der Waals surface area contributed by atoms with Crippen molar-refractivity contribution in [3.05, 3.63) is 53.1 Å². The maximum absolute atomic E-state index is 12.4. The highest BCUT2D eigenvalue weighted by atomic mass is 35.5. The smallest absolute Gasteiger partial charge is 0.315 e. The zero-order valence-electron chi connectivity index (χ0n) is 15.0. The van der Waals surface area contributed by atoms with Crippen LogP contribution in [0.25, 0.3) is 0 Å². The lowest BCUT2D eigenvalue weighted by atomic mass is 10.1. The number of benzene rings is 2. The lowest BCUT2D eigenvalue weighted by Gasteiger charge is -2.35. The second kappa shape index (κ2) is 7.52. The fraction of sp³-hybridized carbons (Fsp3) is 0.250. The van der Waals surface area contributed by atoms with Gasteiger partial charge in [-0.25, -0.2) is 0 Å². The number of carbonyl (C=O) groups is 3. The Kier molecular flexibility index (Phi) is 4.92. The van der Waals surface area contributed by atoms with Gasteiger partial charge >= 0.3 is 5.97 Å². The molecule has 4 rings (SSSR count). The Morgan fingerprint density at radius 1 is 1.11 bits per heavy atom. The van der Waals surface area contributed by atoms with E-state index in [1.54, 1.807) is 30.3 Å². The predicted octanol–water partition coefficient (Wildman–Crippen LogP) is 2.09. The normalized spacial score (nSPS) is 16.0. The molecule has 0 aromatic heterocycles.